The number of nitrogens with zero attached hydrogens (tertiary/aromatic N) is 4. The van der Waals surface area contributed by atoms with E-state index in [4.69, 9.17) is 4.42 Å². The van der Waals surface area contributed by atoms with Gasteiger partial charge in [0, 0.05) is 44.0 Å². The number of hydrogen-bond donors (Lipinski definition) is 1. The van der Waals surface area contributed by atoms with Gasteiger partial charge in [-0.25, -0.2) is 22.9 Å². The van der Waals surface area contributed by atoms with E-state index in [0.29, 0.717) is 5.69 Å². The van der Waals surface area contributed by atoms with Crippen LogP contribution in [0.1, 0.15) is 60.0 Å². The molecular weight excluding hydrogens is 532 g/mol. The van der Waals surface area contributed by atoms with Crippen molar-refractivity contribution in [2.45, 2.75) is 62.7 Å². The van der Waals surface area contributed by atoms with Crippen LogP contribution in [0.15, 0.2) is 28.8 Å². The molecule has 3 heterocycles. The van der Waals surface area contributed by atoms with Gasteiger partial charge < -0.3 is 14.6 Å². The number of benzene rings is 1. The van der Waals surface area contributed by atoms with E-state index in [1.807, 2.05) is 5.32 Å². The van der Waals surface area contributed by atoms with Gasteiger partial charge in [0.15, 0.2) is 23.1 Å². The molecule has 210 valence electrons. The van der Waals surface area contributed by atoms with Crippen LogP contribution < -0.4 is 5.32 Å². The average Bonchev–Trinajstić information content (AvgIpc) is 3.58. The fourth-order valence-corrected chi connectivity index (χ4v) is 5.29. The van der Waals surface area contributed by atoms with Gasteiger partial charge in [0.05, 0.1) is 13.1 Å². The second-order valence-corrected chi connectivity index (χ2v) is 10.1. The summed E-state index contributed by atoms with van der Waals surface area (Å²) in [4.78, 5) is 30.2. The Morgan fingerprint density at radius 1 is 1.23 bits per heavy atom. The second-order valence-electron chi connectivity index (χ2n) is 10.1. The molecule has 1 aliphatic carbocycles. The van der Waals surface area contributed by atoms with E-state index in [-0.39, 0.29) is 66.4 Å². The Kier molecular flexibility index (Phi) is 6.83. The standard InChI is InChI=1S/C25H25F6N5O3/c1-35-16(6-9-32-35)17(37)10-15(13-4-7-24(27,28)8-5-13)22-34-21-18(39-22)3-2-14(20(21)26)11-36-12-19(25(29,30)31)33-23(36)38/h2-3,6,9,13,15,19H,4-5,7-8,10-12H2,1H3,(H,33,38)/t15-,19-/m0/s1. The summed E-state index contributed by atoms with van der Waals surface area (Å²) in [6.07, 6.45) is -3.78. The number of aryl methyl sites for hydroxylation is 1. The number of alkyl halides is 5. The molecule has 1 N–H and O–H groups in total. The van der Waals surface area contributed by atoms with Crippen LogP contribution in [0.4, 0.5) is 31.1 Å². The van der Waals surface area contributed by atoms with Crippen molar-refractivity contribution in [3.63, 3.8) is 0 Å². The summed E-state index contributed by atoms with van der Waals surface area (Å²) in [5.41, 5.74) is 0.0601. The van der Waals surface area contributed by atoms with Gasteiger partial charge in [0.2, 0.25) is 5.92 Å². The van der Waals surface area contributed by atoms with Crippen LogP contribution in [0.5, 0.6) is 0 Å². The van der Waals surface area contributed by atoms with Crippen molar-refractivity contribution in [3.8, 4) is 0 Å². The van der Waals surface area contributed by atoms with Crippen LogP contribution in [0.3, 0.4) is 0 Å². The Balaban J connectivity index is 1.43. The minimum absolute atomic E-state index is 0.0165. The molecule has 1 saturated carbocycles. The average molecular weight is 557 g/mol. The molecule has 3 aromatic rings. The van der Waals surface area contributed by atoms with Crippen molar-refractivity contribution in [1.82, 2.24) is 25.0 Å². The topological polar surface area (TPSA) is 93.3 Å². The molecular formula is C25H25F6N5O3. The highest BCUT2D eigenvalue weighted by atomic mass is 19.4. The lowest BCUT2D eigenvalue weighted by Crippen LogP contribution is -2.40. The van der Waals surface area contributed by atoms with Crippen LogP contribution in [0.25, 0.3) is 11.1 Å². The monoisotopic (exact) mass is 557 g/mol. The fraction of sp³-hybridized carbons (Fsp3) is 0.520. The number of amides is 2. The summed E-state index contributed by atoms with van der Waals surface area (Å²) in [6, 6.07) is 1.17. The SMILES string of the molecule is Cn1nccc1C(=O)C[C@H](c1nc2c(F)c(CN3C[C@@H](C(F)(F)F)NC3=O)ccc2o1)C1CCC(F)(F)CC1. The molecule has 2 fully saturated rings. The van der Waals surface area contributed by atoms with E-state index in [0.717, 1.165) is 4.90 Å². The van der Waals surface area contributed by atoms with Crippen LogP contribution in [0, 0.1) is 11.7 Å². The van der Waals surface area contributed by atoms with Gasteiger partial charge in [-0.3, -0.25) is 9.48 Å². The molecule has 0 bridgehead atoms. The van der Waals surface area contributed by atoms with Crippen LogP contribution in [0.2, 0.25) is 0 Å². The lowest BCUT2D eigenvalue weighted by Gasteiger charge is -2.32. The predicted octanol–water partition coefficient (Wildman–Crippen LogP) is 5.34. The molecule has 1 aromatic carbocycles. The van der Waals surface area contributed by atoms with E-state index in [1.54, 1.807) is 7.05 Å². The number of halogens is 6. The Labute approximate surface area is 218 Å². The first kappa shape index (κ1) is 27.0. The number of ketones is 1. The molecule has 2 amide bonds. The Hall–Kier alpha value is -3.58. The Bertz CT molecular complexity index is 1390. The van der Waals surface area contributed by atoms with Gasteiger partial charge in [-0.15, -0.1) is 0 Å². The third-order valence-electron chi connectivity index (χ3n) is 7.50. The number of carbonyl (C=O) groups excluding carboxylic acids is 2. The second kappa shape index (κ2) is 9.87. The predicted molar refractivity (Wildman–Crippen MR) is 125 cm³/mol. The molecule has 0 unspecified atom stereocenters. The molecule has 1 aliphatic heterocycles. The van der Waals surface area contributed by atoms with E-state index < -0.39 is 49.0 Å². The van der Waals surface area contributed by atoms with Crippen LogP contribution in [-0.2, 0) is 13.6 Å². The number of hydrogen-bond acceptors (Lipinski definition) is 5. The third kappa shape index (κ3) is 5.46. The first-order valence-electron chi connectivity index (χ1n) is 12.4. The molecule has 5 rings (SSSR count). The van der Waals surface area contributed by atoms with Crippen LogP contribution >= 0.6 is 0 Å². The largest absolute Gasteiger partial charge is 0.440 e. The lowest BCUT2D eigenvalue weighted by molar-refractivity contribution is -0.149. The van der Waals surface area contributed by atoms with Gasteiger partial charge >= 0.3 is 12.2 Å². The van der Waals surface area contributed by atoms with Crippen molar-refractivity contribution in [2.24, 2.45) is 13.0 Å². The minimum atomic E-state index is -4.64. The zero-order valence-electron chi connectivity index (χ0n) is 20.8. The smallest absolute Gasteiger partial charge is 0.410 e. The first-order chi connectivity index (χ1) is 18.3. The summed E-state index contributed by atoms with van der Waals surface area (Å²) in [5.74, 6) is -5.05. The molecule has 2 atom stereocenters. The number of nitrogens with one attached hydrogen (secondary N) is 1. The summed E-state index contributed by atoms with van der Waals surface area (Å²) < 4.78 is 89.4. The van der Waals surface area contributed by atoms with Crippen molar-refractivity contribution in [2.75, 3.05) is 6.54 Å². The highest BCUT2D eigenvalue weighted by molar-refractivity contribution is 5.95. The molecule has 2 aromatic heterocycles. The van der Waals surface area contributed by atoms with E-state index >= 15 is 4.39 Å². The maximum absolute atomic E-state index is 15.5. The van der Waals surface area contributed by atoms with Gasteiger partial charge in [-0.2, -0.15) is 18.3 Å². The maximum atomic E-state index is 15.5. The third-order valence-corrected chi connectivity index (χ3v) is 7.50. The molecule has 0 radical (unpaired) electrons. The quantitative estimate of drug-likeness (QED) is 0.313. The summed E-state index contributed by atoms with van der Waals surface area (Å²) in [5, 5.41) is 5.81. The molecule has 39 heavy (non-hydrogen) atoms. The fourth-order valence-electron chi connectivity index (χ4n) is 5.29. The van der Waals surface area contributed by atoms with Crippen molar-refractivity contribution in [1.29, 1.82) is 0 Å². The van der Waals surface area contributed by atoms with Gasteiger partial charge in [0.1, 0.15) is 17.3 Å². The van der Waals surface area contributed by atoms with Crippen molar-refractivity contribution in [3.05, 3.63) is 47.4 Å². The summed E-state index contributed by atoms with van der Waals surface area (Å²) in [6.45, 7) is -1.10. The van der Waals surface area contributed by atoms with Crippen molar-refractivity contribution < 1.29 is 40.3 Å². The van der Waals surface area contributed by atoms with Crippen LogP contribution in [-0.4, -0.2) is 56.2 Å². The van der Waals surface area contributed by atoms with E-state index in [9.17, 15) is 31.5 Å². The van der Waals surface area contributed by atoms with Gasteiger partial charge in [-0.1, -0.05) is 6.07 Å². The van der Waals surface area contributed by atoms with Gasteiger partial charge in [0.25, 0.3) is 0 Å². The first-order valence-corrected chi connectivity index (χ1v) is 12.4. The molecule has 2 aliphatic rings. The molecule has 8 nitrogen and oxygen atoms in total. The number of carbonyl (C=O) groups is 2. The normalized spacial score (nSPS) is 20.9. The minimum Gasteiger partial charge on any atom is -0.440 e. The number of rotatable bonds is 7. The maximum Gasteiger partial charge on any atom is 0.410 e. The number of fused-ring (bicyclic) bond motifs is 1. The molecule has 1 saturated heterocycles. The summed E-state index contributed by atoms with van der Waals surface area (Å²) in [7, 11) is 1.59. The lowest BCUT2D eigenvalue weighted by atomic mass is 9.76. The van der Waals surface area contributed by atoms with Gasteiger partial charge in [-0.05, 0) is 30.9 Å². The number of aromatic nitrogens is 3. The number of urea groups is 1. The highest BCUT2D eigenvalue weighted by Crippen LogP contribution is 2.44. The zero-order valence-corrected chi connectivity index (χ0v) is 20.8. The zero-order chi connectivity index (χ0) is 28.1. The Morgan fingerprint density at radius 2 is 1.95 bits per heavy atom. The number of oxazole rings is 1. The molecule has 0 spiro atoms. The number of Topliss-reactive ketones (excluding diaryl/α,β-unsaturated/α-hetero) is 1. The van der Waals surface area contributed by atoms with Crippen molar-refractivity contribution >= 4 is 22.9 Å². The highest BCUT2D eigenvalue weighted by Gasteiger charge is 2.47. The molecule has 14 heteroatoms. The van der Waals surface area contributed by atoms with E-state index in [1.165, 1.54) is 29.1 Å². The summed E-state index contributed by atoms with van der Waals surface area (Å²) >= 11 is 0. The van der Waals surface area contributed by atoms with E-state index in [2.05, 4.69) is 10.1 Å². The Morgan fingerprint density at radius 3 is 2.56 bits per heavy atom.